The fraction of sp³-hybridized carbons (Fsp3) is 0.939. The highest BCUT2D eigenvalue weighted by atomic mass is 16.5. The minimum absolute atomic E-state index is 0.0101. The number of hydrogen-bond acceptors (Lipinski definition) is 5. The Morgan fingerprint density at radius 1 is 0.375 bits per heavy atom. The molecule has 0 fully saturated rings. The summed E-state index contributed by atoms with van der Waals surface area (Å²) < 4.78 is 5.49. The van der Waals surface area contributed by atoms with Crippen molar-refractivity contribution in [2.75, 3.05) is 13.2 Å². The first kappa shape index (κ1) is 70.6. The van der Waals surface area contributed by atoms with Crippen LogP contribution in [-0.4, -0.2) is 47.4 Å². The van der Waals surface area contributed by atoms with Crippen molar-refractivity contribution < 1.29 is 24.5 Å². The summed E-state index contributed by atoms with van der Waals surface area (Å²) in [5, 5.41) is 23.3. The lowest BCUT2D eigenvalue weighted by atomic mass is 10.0. The van der Waals surface area contributed by atoms with Gasteiger partial charge in [0.25, 0.3) is 0 Å². The number of carbonyl (C=O) groups is 2. The summed E-state index contributed by atoms with van der Waals surface area (Å²) >= 11 is 0. The Balaban J connectivity index is 3.34. The van der Waals surface area contributed by atoms with Crippen molar-refractivity contribution in [1.29, 1.82) is 0 Å². The summed E-state index contributed by atoms with van der Waals surface area (Å²) in [6.45, 7) is 4.97. The Kier molecular flexibility index (Phi) is 60.9. The van der Waals surface area contributed by atoms with Gasteiger partial charge in [0, 0.05) is 12.8 Å². The van der Waals surface area contributed by atoms with Crippen molar-refractivity contribution in [3.8, 4) is 0 Å². The predicted octanol–water partition coefficient (Wildman–Crippen LogP) is 20.8. The molecule has 0 aromatic carbocycles. The molecule has 0 aliphatic heterocycles. The standard InChI is InChI=1S/C66H129NO5/c1-3-5-7-9-11-13-15-17-31-36-40-44-48-52-56-60-66(71)72-61-57-53-49-45-41-37-33-30-28-26-24-22-20-19-21-23-25-27-29-32-35-39-43-47-51-55-59-65(70)67-63(62-68)64(69)58-54-50-46-42-38-34-18-16-14-12-10-8-6-4-2/h17,31,63-64,68-69H,3-16,18-30,32-62H2,1-2H3,(H,67,70)/b31-17-. The maximum absolute atomic E-state index is 12.5. The molecule has 0 aliphatic rings. The van der Waals surface area contributed by atoms with Crippen LogP contribution in [0.25, 0.3) is 0 Å². The van der Waals surface area contributed by atoms with Crippen molar-refractivity contribution in [2.45, 2.75) is 386 Å². The van der Waals surface area contributed by atoms with Crippen LogP contribution in [0.1, 0.15) is 373 Å². The molecule has 0 saturated heterocycles. The minimum atomic E-state index is -0.661. The smallest absolute Gasteiger partial charge is 0.305 e. The van der Waals surface area contributed by atoms with Crippen LogP contribution < -0.4 is 5.32 Å². The Morgan fingerprint density at radius 3 is 0.986 bits per heavy atom. The molecule has 0 aliphatic carbocycles. The zero-order valence-corrected chi connectivity index (χ0v) is 48.9. The number of allylic oxidation sites excluding steroid dienone is 2. The van der Waals surface area contributed by atoms with E-state index in [0.717, 1.165) is 44.9 Å². The van der Waals surface area contributed by atoms with Gasteiger partial charge in [-0.15, -0.1) is 0 Å². The van der Waals surface area contributed by atoms with E-state index in [1.165, 1.54) is 295 Å². The Morgan fingerprint density at radius 2 is 0.653 bits per heavy atom. The fourth-order valence-electron chi connectivity index (χ4n) is 10.5. The van der Waals surface area contributed by atoms with Crippen LogP contribution in [0, 0.1) is 0 Å². The van der Waals surface area contributed by atoms with Gasteiger partial charge in [-0.2, -0.15) is 0 Å². The van der Waals surface area contributed by atoms with Gasteiger partial charge in [-0.3, -0.25) is 9.59 Å². The maximum atomic E-state index is 12.5. The van der Waals surface area contributed by atoms with Gasteiger partial charge >= 0.3 is 5.97 Å². The summed E-state index contributed by atoms with van der Waals surface area (Å²) in [5.74, 6) is -0.0202. The van der Waals surface area contributed by atoms with Crippen molar-refractivity contribution >= 4 is 11.9 Å². The highest BCUT2D eigenvalue weighted by Gasteiger charge is 2.20. The van der Waals surface area contributed by atoms with E-state index < -0.39 is 12.1 Å². The van der Waals surface area contributed by atoms with Gasteiger partial charge in [0.05, 0.1) is 25.4 Å². The molecule has 6 nitrogen and oxygen atoms in total. The molecule has 0 radical (unpaired) electrons. The molecular weight excluding hydrogens is 887 g/mol. The first-order chi connectivity index (χ1) is 35.5. The van der Waals surface area contributed by atoms with E-state index in [2.05, 4.69) is 31.3 Å². The summed E-state index contributed by atoms with van der Waals surface area (Å²) in [6, 6.07) is -0.538. The normalized spacial score (nSPS) is 12.6. The van der Waals surface area contributed by atoms with Crippen LogP contribution >= 0.6 is 0 Å². The fourth-order valence-corrected chi connectivity index (χ4v) is 10.5. The quantitative estimate of drug-likeness (QED) is 0.0320. The van der Waals surface area contributed by atoms with Gasteiger partial charge < -0.3 is 20.3 Å². The highest BCUT2D eigenvalue weighted by Crippen LogP contribution is 2.19. The SMILES string of the molecule is CCCCCCCC/C=C\CCCCCCCC(=O)OCCCCCCCCCCCCCCCCCCCCCCCCCCCCC(=O)NC(CO)C(O)CCCCCCCCCCCCCCCC. The van der Waals surface area contributed by atoms with Crippen LogP contribution in [0.4, 0.5) is 0 Å². The van der Waals surface area contributed by atoms with Crippen LogP contribution in [-0.2, 0) is 14.3 Å². The summed E-state index contributed by atoms with van der Waals surface area (Å²) in [4.78, 5) is 24.5. The summed E-state index contributed by atoms with van der Waals surface area (Å²) in [7, 11) is 0. The second-order valence-corrected chi connectivity index (χ2v) is 22.8. The molecule has 3 N–H and O–H groups in total. The number of aliphatic hydroxyl groups is 2. The zero-order valence-electron chi connectivity index (χ0n) is 48.9. The maximum Gasteiger partial charge on any atom is 0.305 e. The summed E-state index contributed by atoms with van der Waals surface area (Å²) in [5.41, 5.74) is 0. The molecule has 6 heteroatoms. The number of aliphatic hydroxyl groups excluding tert-OH is 2. The number of amides is 1. The zero-order chi connectivity index (χ0) is 52.2. The number of esters is 1. The third kappa shape index (κ3) is 57.9. The number of ether oxygens (including phenoxy) is 1. The number of hydrogen-bond donors (Lipinski definition) is 3. The van der Waals surface area contributed by atoms with Crippen LogP contribution in [0.2, 0.25) is 0 Å². The number of carbonyl (C=O) groups excluding carboxylic acids is 2. The average molecular weight is 1020 g/mol. The Labute approximate surface area is 450 Å². The van der Waals surface area contributed by atoms with Gasteiger partial charge in [0.15, 0.2) is 0 Å². The Hall–Kier alpha value is -1.40. The molecule has 0 bridgehead atoms. The van der Waals surface area contributed by atoms with Gasteiger partial charge in [0.1, 0.15) is 0 Å². The second kappa shape index (κ2) is 62.1. The molecule has 1 amide bonds. The van der Waals surface area contributed by atoms with E-state index in [4.69, 9.17) is 4.74 Å². The lowest BCUT2D eigenvalue weighted by Crippen LogP contribution is -2.45. The van der Waals surface area contributed by atoms with Crippen molar-refractivity contribution in [3.05, 3.63) is 12.2 Å². The van der Waals surface area contributed by atoms with E-state index in [1.807, 2.05) is 0 Å². The third-order valence-corrected chi connectivity index (χ3v) is 15.6. The van der Waals surface area contributed by atoms with E-state index in [1.54, 1.807) is 0 Å². The van der Waals surface area contributed by atoms with Gasteiger partial charge in [-0.05, 0) is 51.4 Å². The predicted molar refractivity (Wildman–Crippen MR) is 315 cm³/mol. The van der Waals surface area contributed by atoms with E-state index >= 15 is 0 Å². The monoisotopic (exact) mass is 1020 g/mol. The molecule has 0 spiro atoms. The molecule has 2 unspecified atom stereocenters. The second-order valence-electron chi connectivity index (χ2n) is 22.8. The number of rotatable bonds is 62. The number of nitrogens with one attached hydrogen (secondary N) is 1. The van der Waals surface area contributed by atoms with Gasteiger partial charge in [0.2, 0.25) is 5.91 Å². The molecule has 72 heavy (non-hydrogen) atoms. The highest BCUT2D eigenvalue weighted by molar-refractivity contribution is 5.76. The Bertz CT molecular complexity index is 1080. The van der Waals surface area contributed by atoms with Crippen LogP contribution in [0.3, 0.4) is 0 Å². The van der Waals surface area contributed by atoms with Crippen LogP contribution in [0.15, 0.2) is 12.2 Å². The lowest BCUT2D eigenvalue weighted by Gasteiger charge is -2.22. The van der Waals surface area contributed by atoms with Gasteiger partial charge in [-0.1, -0.05) is 321 Å². The van der Waals surface area contributed by atoms with E-state index in [-0.39, 0.29) is 18.5 Å². The van der Waals surface area contributed by atoms with E-state index in [0.29, 0.717) is 25.9 Å². The molecule has 0 aromatic rings. The first-order valence-electron chi connectivity index (χ1n) is 32.9. The molecular formula is C66H129NO5. The molecule has 0 aromatic heterocycles. The van der Waals surface area contributed by atoms with Crippen molar-refractivity contribution in [1.82, 2.24) is 5.32 Å². The van der Waals surface area contributed by atoms with Crippen molar-refractivity contribution in [3.63, 3.8) is 0 Å². The largest absolute Gasteiger partial charge is 0.466 e. The van der Waals surface area contributed by atoms with Crippen LogP contribution in [0.5, 0.6) is 0 Å². The molecule has 0 saturated carbocycles. The third-order valence-electron chi connectivity index (χ3n) is 15.6. The lowest BCUT2D eigenvalue weighted by molar-refractivity contribution is -0.143. The minimum Gasteiger partial charge on any atom is -0.466 e. The van der Waals surface area contributed by atoms with Crippen molar-refractivity contribution in [2.24, 2.45) is 0 Å². The molecule has 0 rings (SSSR count). The molecule has 428 valence electrons. The average Bonchev–Trinajstić information content (AvgIpc) is 3.38. The number of unbranched alkanes of at least 4 members (excludes halogenated alkanes) is 49. The summed E-state index contributed by atoms with van der Waals surface area (Å²) in [6.07, 6.45) is 75.3. The van der Waals surface area contributed by atoms with Gasteiger partial charge in [-0.25, -0.2) is 0 Å². The molecule has 0 heterocycles. The van der Waals surface area contributed by atoms with E-state index in [9.17, 15) is 19.8 Å². The topological polar surface area (TPSA) is 95.9 Å². The first-order valence-corrected chi connectivity index (χ1v) is 32.9. The molecule has 2 atom stereocenters.